The number of phenols is 1. The van der Waals surface area contributed by atoms with Crippen molar-refractivity contribution in [1.29, 1.82) is 0 Å². The maximum Gasteiger partial charge on any atom is 0.116 e. The molecule has 23 heavy (non-hydrogen) atoms. The van der Waals surface area contributed by atoms with E-state index >= 15 is 0 Å². The smallest absolute Gasteiger partial charge is 0.116 e. The molecule has 1 aromatic heterocycles. The first-order chi connectivity index (χ1) is 11.2. The van der Waals surface area contributed by atoms with Crippen LogP contribution in [0.25, 0.3) is 10.9 Å². The number of aromatic amines is 1. The Morgan fingerprint density at radius 3 is 2.91 bits per heavy atom. The predicted octanol–water partition coefficient (Wildman–Crippen LogP) is 4.41. The van der Waals surface area contributed by atoms with Gasteiger partial charge in [-0.05, 0) is 55.5 Å². The number of benzene rings is 1. The van der Waals surface area contributed by atoms with Gasteiger partial charge in [-0.25, -0.2) is 0 Å². The van der Waals surface area contributed by atoms with Crippen LogP contribution in [0.4, 0.5) is 0 Å². The topological polar surface area (TPSA) is 39.3 Å². The van der Waals surface area contributed by atoms with Crippen LogP contribution in [0, 0.1) is 5.92 Å². The Kier molecular flexibility index (Phi) is 3.84. The molecule has 0 radical (unpaired) electrons. The van der Waals surface area contributed by atoms with E-state index in [9.17, 15) is 5.11 Å². The van der Waals surface area contributed by atoms with Gasteiger partial charge in [-0.15, -0.1) is 0 Å². The summed E-state index contributed by atoms with van der Waals surface area (Å²) in [5.74, 6) is 1.82. The molecule has 4 rings (SSSR count). The van der Waals surface area contributed by atoms with Crippen LogP contribution in [0.15, 0.2) is 18.2 Å². The fourth-order valence-corrected chi connectivity index (χ4v) is 5.20. The Morgan fingerprint density at radius 2 is 2.13 bits per heavy atom. The van der Waals surface area contributed by atoms with Crippen molar-refractivity contribution in [3.63, 3.8) is 0 Å². The average molecular weight is 312 g/mol. The second-order valence-electron chi connectivity index (χ2n) is 7.32. The summed E-state index contributed by atoms with van der Waals surface area (Å²) in [4.78, 5) is 6.46. The van der Waals surface area contributed by atoms with Gasteiger partial charge < -0.3 is 10.1 Å². The summed E-state index contributed by atoms with van der Waals surface area (Å²) in [6.45, 7) is 6.95. The Labute approximate surface area is 138 Å². The van der Waals surface area contributed by atoms with Crippen LogP contribution in [0.5, 0.6) is 5.75 Å². The van der Waals surface area contributed by atoms with Gasteiger partial charge in [-0.1, -0.05) is 26.7 Å². The SMILES string of the molecule is CCC1CCCC2c3[nH]c4ccc(O)cc4c3CCN(CC)C12. The van der Waals surface area contributed by atoms with E-state index in [1.165, 1.54) is 47.8 Å². The van der Waals surface area contributed by atoms with Crippen molar-refractivity contribution in [2.24, 2.45) is 5.92 Å². The van der Waals surface area contributed by atoms with Gasteiger partial charge in [0, 0.05) is 35.1 Å². The van der Waals surface area contributed by atoms with E-state index in [1.54, 1.807) is 6.07 Å². The number of aromatic hydroxyl groups is 1. The molecule has 0 spiro atoms. The van der Waals surface area contributed by atoms with Crippen molar-refractivity contribution in [2.75, 3.05) is 13.1 Å². The molecule has 3 heteroatoms. The second kappa shape index (κ2) is 5.86. The number of hydrogen-bond acceptors (Lipinski definition) is 2. The van der Waals surface area contributed by atoms with Gasteiger partial charge in [0.2, 0.25) is 0 Å². The van der Waals surface area contributed by atoms with Crippen LogP contribution >= 0.6 is 0 Å². The van der Waals surface area contributed by atoms with Crippen LogP contribution in [0.1, 0.15) is 56.7 Å². The van der Waals surface area contributed by atoms with Crippen LogP contribution < -0.4 is 0 Å². The highest BCUT2D eigenvalue weighted by Gasteiger charge is 2.40. The average Bonchev–Trinajstić information content (AvgIpc) is 2.84. The molecule has 3 unspecified atom stereocenters. The number of H-pyrrole nitrogens is 1. The van der Waals surface area contributed by atoms with Crippen molar-refractivity contribution in [1.82, 2.24) is 9.88 Å². The van der Waals surface area contributed by atoms with Gasteiger partial charge in [0.25, 0.3) is 0 Å². The quantitative estimate of drug-likeness (QED) is 0.862. The van der Waals surface area contributed by atoms with E-state index in [4.69, 9.17) is 0 Å². The van der Waals surface area contributed by atoms with Gasteiger partial charge in [-0.2, -0.15) is 0 Å². The summed E-state index contributed by atoms with van der Waals surface area (Å²) in [6.07, 6.45) is 6.40. The number of nitrogens with one attached hydrogen (secondary N) is 1. The maximum atomic E-state index is 9.91. The zero-order valence-electron chi connectivity index (χ0n) is 14.3. The molecule has 1 aliphatic heterocycles. The molecular formula is C20H28N2O. The molecule has 0 bridgehead atoms. The fourth-order valence-electron chi connectivity index (χ4n) is 5.20. The third-order valence-electron chi connectivity index (χ3n) is 6.28. The normalized spacial score (nSPS) is 28.3. The van der Waals surface area contributed by atoms with E-state index in [0.29, 0.717) is 17.7 Å². The maximum absolute atomic E-state index is 9.91. The molecule has 1 fully saturated rings. The van der Waals surface area contributed by atoms with Crippen LogP contribution in [-0.2, 0) is 6.42 Å². The van der Waals surface area contributed by atoms with Crippen molar-refractivity contribution < 1.29 is 5.11 Å². The third-order valence-corrected chi connectivity index (χ3v) is 6.28. The summed E-state index contributed by atoms with van der Waals surface area (Å²) in [6, 6.07) is 6.46. The minimum Gasteiger partial charge on any atom is -0.508 e. The Morgan fingerprint density at radius 1 is 1.26 bits per heavy atom. The molecule has 1 saturated carbocycles. The summed E-state index contributed by atoms with van der Waals surface area (Å²) < 4.78 is 0. The van der Waals surface area contributed by atoms with Crippen molar-refractivity contribution in [2.45, 2.75) is 57.9 Å². The van der Waals surface area contributed by atoms with Gasteiger partial charge in [0.1, 0.15) is 5.75 Å². The first-order valence-corrected chi connectivity index (χ1v) is 9.30. The zero-order valence-corrected chi connectivity index (χ0v) is 14.3. The molecule has 3 nitrogen and oxygen atoms in total. The van der Waals surface area contributed by atoms with Crippen LogP contribution in [-0.4, -0.2) is 34.1 Å². The molecule has 3 atom stereocenters. The monoisotopic (exact) mass is 312 g/mol. The molecule has 0 amide bonds. The van der Waals surface area contributed by atoms with Crippen molar-refractivity contribution >= 4 is 10.9 Å². The first kappa shape index (κ1) is 15.1. The number of phenolic OH excluding ortho intramolecular Hbond substituents is 1. The summed E-state index contributed by atoms with van der Waals surface area (Å²) in [5.41, 5.74) is 4.11. The number of nitrogens with zero attached hydrogens (tertiary/aromatic N) is 1. The molecular weight excluding hydrogens is 284 g/mol. The second-order valence-corrected chi connectivity index (χ2v) is 7.32. The van der Waals surface area contributed by atoms with Crippen molar-refractivity contribution in [3.05, 3.63) is 29.5 Å². The molecule has 2 aliphatic rings. The number of aromatic nitrogens is 1. The number of fused-ring (bicyclic) bond motifs is 5. The van der Waals surface area contributed by atoms with E-state index < -0.39 is 0 Å². The number of rotatable bonds is 2. The van der Waals surface area contributed by atoms with Gasteiger partial charge in [-0.3, -0.25) is 4.90 Å². The fraction of sp³-hybridized carbons (Fsp3) is 0.600. The molecule has 0 saturated heterocycles. The van der Waals surface area contributed by atoms with Crippen LogP contribution in [0.2, 0.25) is 0 Å². The third kappa shape index (κ3) is 2.37. The lowest BCUT2D eigenvalue weighted by Gasteiger charge is -2.43. The molecule has 2 aromatic rings. The summed E-state index contributed by atoms with van der Waals surface area (Å²) in [7, 11) is 0. The van der Waals surface area contributed by atoms with Gasteiger partial charge >= 0.3 is 0 Å². The van der Waals surface area contributed by atoms with Crippen molar-refractivity contribution in [3.8, 4) is 5.75 Å². The lowest BCUT2D eigenvalue weighted by molar-refractivity contribution is 0.0918. The van der Waals surface area contributed by atoms with E-state index in [2.05, 4.69) is 23.7 Å². The predicted molar refractivity (Wildman–Crippen MR) is 95.1 cm³/mol. The Hall–Kier alpha value is -1.48. The molecule has 1 aliphatic carbocycles. The van der Waals surface area contributed by atoms with Crippen LogP contribution in [0.3, 0.4) is 0 Å². The first-order valence-electron chi connectivity index (χ1n) is 9.30. The van der Waals surface area contributed by atoms with Gasteiger partial charge in [0.15, 0.2) is 0 Å². The molecule has 124 valence electrons. The Balaban J connectivity index is 1.85. The molecule has 2 N–H and O–H groups in total. The lowest BCUT2D eigenvalue weighted by atomic mass is 9.73. The van der Waals surface area contributed by atoms with E-state index in [1.807, 2.05) is 12.1 Å². The zero-order chi connectivity index (χ0) is 16.0. The highest BCUT2D eigenvalue weighted by Crippen LogP contribution is 2.45. The van der Waals surface area contributed by atoms with Gasteiger partial charge in [0.05, 0.1) is 0 Å². The highest BCUT2D eigenvalue weighted by molar-refractivity contribution is 5.86. The molecule has 2 heterocycles. The largest absolute Gasteiger partial charge is 0.508 e. The Bertz CT molecular complexity index is 705. The summed E-state index contributed by atoms with van der Waals surface area (Å²) >= 11 is 0. The minimum atomic E-state index is 0.377. The minimum absolute atomic E-state index is 0.377. The molecule has 1 aromatic carbocycles. The number of hydrogen-bond donors (Lipinski definition) is 2. The van der Waals surface area contributed by atoms with E-state index in [-0.39, 0.29) is 0 Å². The van der Waals surface area contributed by atoms with E-state index in [0.717, 1.165) is 25.4 Å². The standard InChI is InChI=1S/C20H28N2O/c1-3-13-6-5-7-16-19-15(10-11-22(4-2)20(13)16)17-12-14(23)8-9-18(17)21-19/h8-9,12-13,16,20-21,23H,3-7,10-11H2,1-2H3. The summed E-state index contributed by atoms with van der Waals surface area (Å²) in [5, 5.41) is 11.1. The lowest BCUT2D eigenvalue weighted by Crippen LogP contribution is -2.46. The number of likely N-dealkylation sites (N-methyl/N-ethyl adjacent to an activating group) is 1. The highest BCUT2D eigenvalue weighted by atomic mass is 16.3.